The molecule has 0 spiro atoms. The monoisotopic (exact) mass is 527 g/mol. The van der Waals surface area contributed by atoms with Crippen molar-refractivity contribution in [1.29, 1.82) is 0 Å². The molecule has 196 valence electrons. The van der Waals surface area contributed by atoms with E-state index in [0.717, 1.165) is 0 Å². The summed E-state index contributed by atoms with van der Waals surface area (Å²) < 4.78 is 37.1. The molecule has 3 atom stereocenters. The van der Waals surface area contributed by atoms with Crippen LogP contribution in [0.2, 0.25) is 0 Å². The zero-order chi connectivity index (χ0) is 26.6. The molecule has 2 aromatic carbocycles. The molecule has 1 aromatic heterocycles. The standard InChI is InChI=1S/C26H29N3O7S/c1-3-19(24(31)26-28-20-11-7-8-12-22(20)36-26)27-25(32)21-15-18(16-29(21)23(30)13-14-35-2)37(33,34)17-9-5-4-6-10-17/h4-12,18-19,21H,3,13-16H2,1-2H3,(H,27,32)/t18-,19?,21+/m1/s1. The Balaban J connectivity index is 1.55. The van der Waals surface area contributed by atoms with Crippen molar-refractivity contribution in [1.82, 2.24) is 15.2 Å². The summed E-state index contributed by atoms with van der Waals surface area (Å²) in [5.41, 5.74) is 0.971. The molecular formula is C26H29N3O7S. The Kier molecular flexibility index (Phi) is 8.03. The fourth-order valence-electron chi connectivity index (χ4n) is 4.43. The Morgan fingerprint density at radius 1 is 1.14 bits per heavy atom. The lowest BCUT2D eigenvalue weighted by Gasteiger charge is -2.25. The first-order chi connectivity index (χ1) is 17.8. The second kappa shape index (κ2) is 11.2. The molecule has 2 amide bonds. The number of rotatable bonds is 10. The summed E-state index contributed by atoms with van der Waals surface area (Å²) in [5, 5.41) is 1.73. The number of likely N-dealkylation sites (tertiary alicyclic amines) is 1. The van der Waals surface area contributed by atoms with Crippen molar-refractivity contribution in [3.63, 3.8) is 0 Å². The van der Waals surface area contributed by atoms with E-state index in [1.807, 2.05) is 0 Å². The normalized spacial score (nSPS) is 18.6. The van der Waals surface area contributed by atoms with Crippen LogP contribution >= 0.6 is 0 Å². The highest BCUT2D eigenvalue weighted by Crippen LogP contribution is 2.29. The van der Waals surface area contributed by atoms with Crippen molar-refractivity contribution in [3.8, 4) is 0 Å². The molecule has 1 N–H and O–H groups in total. The lowest BCUT2D eigenvalue weighted by Crippen LogP contribution is -2.50. The second-order valence-corrected chi connectivity index (χ2v) is 11.1. The molecule has 10 nitrogen and oxygen atoms in total. The number of methoxy groups -OCH3 is 1. The van der Waals surface area contributed by atoms with Crippen molar-refractivity contribution in [2.24, 2.45) is 0 Å². The lowest BCUT2D eigenvalue weighted by molar-refractivity contribution is -0.139. The quantitative estimate of drug-likeness (QED) is 0.397. The van der Waals surface area contributed by atoms with E-state index in [0.29, 0.717) is 11.1 Å². The number of benzene rings is 2. The summed E-state index contributed by atoms with van der Waals surface area (Å²) in [6.45, 7) is 1.73. The van der Waals surface area contributed by atoms with Crippen molar-refractivity contribution in [2.45, 2.75) is 48.4 Å². The van der Waals surface area contributed by atoms with Crippen LogP contribution in [-0.2, 0) is 24.2 Å². The summed E-state index contributed by atoms with van der Waals surface area (Å²) in [4.78, 5) is 45.0. The molecule has 0 bridgehead atoms. The zero-order valence-electron chi connectivity index (χ0n) is 20.6. The summed E-state index contributed by atoms with van der Waals surface area (Å²) >= 11 is 0. The van der Waals surface area contributed by atoms with Crippen LogP contribution in [-0.4, -0.2) is 73.5 Å². The third-order valence-corrected chi connectivity index (χ3v) is 8.61. The minimum Gasteiger partial charge on any atom is -0.434 e. The predicted octanol–water partition coefficient (Wildman–Crippen LogP) is 2.39. The fraction of sp³-hybridized carbons (Fsp3) is 0.385. The van der Waals surface area contributed by atoms with Crippen molar-refractivity contribution in [3.05, 3.63) is 60.5 Å². The highest BCUT2D eigenvalue weighted by molar-refractivity contribution is 7.92. The molecule has 0 aliphatic carbocycles. The number of hydrogen-bond donors (Lipinski definition) is 1. The summed E-state index contributed by atoms with van der Waals surface area (Å²) in [6, 6.07) is 12.9. The molecule has 1 unspecified atom stereocenters. The number of amides is 2. The van der Waals surface area contributed by atoms with Crippen LogP contribution in [0, 0.1) is 0 Å². The molecule has 11 heteroatoms. The number of fused-ring (bicyclic) bond motifs is 1. The largest absolute Gasteiger partial charge is 0.434 e. The molecule has 0 radical (unpaired) electrons. The SMILES string of the molecule is CCC(NC(=O)[C@@H]1C[C@@H](S(=O)(=O)c2ccccc2)CN1C(=O)CCOC)C(=O)c1nc2ccccc2o1. The Morgan fingerprint density at radius 2 is 1.84 bits per heavy atom. The first-order valence-corrected chi connectivity index (χ1v) is 13.6. The lowest BCUT2D eigenvalue weighted by atomic mass is 10.1. The zero-order valence-corrected chi connectivity index (χ0v) is 21.4. The highest BCUT2D eigenvalue weighted by atomic mass is 32.2. The van der Waals surface area contributed by atoms with Crippen LogP contribution in [0.1, 0.15) is 36.9 Å². The van der Waals surface area contributed by atoms with E-state index in [-0.39, 0.29) is 43.2 Å². The number of Topliss-reactive ketones (excluding diaryl/α,β-unsaturated/α-hetero) is 1. The fourth-order valence-corrected chi connectivity index (χ4v) is 6.14. The van der Waals surface area contributed by atoms with Gasteiger partial charge in [0.15, 0.2) is 15.4 Å². The average Bonchev–Trinajstić information content (AvgIpc) is 3.56. The van der Waals surface area contributed by atoms with E-state index in [2.05, 4.69) is 10.3 Å². The highest BCUT2D eigenvalue weighted by Gasteiger charge is 2.45. The van der Waals surface area contributed by atoms with Crippen molar-refractivity contribution < 1.29 is 32.0 Å². The molecule has 4 rings (SSSR count). The topological polar surface area (TPSA) is 136 Å². The van der Waals surface area contributed by atoms with Gasteiger partial charge in [0, 0.05) is 13.7 Å². The van der Waals surface area contributed by atoms with E-state index in [1.54, 1.807) is 49.4 Å². The van der Waals surface area contributed by atoms with E-state index in [1.165, 1.54) is 24.1 Å². The number of nitrogens with zero attached hydrogens (tertiary/aromatic N) is 2. The van der Waals surface area contributed by atoms with Crippen LogP contribution in [0.3, 0.4) is 0 Å². The molecule has 3 aromatic rings. The number of ketones is 1. The third kappa shape index (κ3) is 5.57. The van der Waals surface area contributed by atoms with Gasteiger partial charge in [-0.1, -0.05) is 37.3 Å². The minimum atomic E-state index is -3.80. The van der Waals surface area contributed by atoms with Gasteiger partial charge >= 0.3 is 0 Å². The van der Waals surface area contributed by atoms with Crippen LogP contribution in [0.15, 0.2) is 63.9 Å². The van der Waals surface area contributed by atoms with Gasteiger partial charge < -0.3 is 19.4 Å². The molecule has 1 saturated heterocycles. The number of carbonyl (C=O) groups excluding carboxylic acids is 3. The number of oxazole rings is 1. The van der Waals surface area contributed by atoms with E-state index in [4.69, 9.17) is 9.15 Å². The van der Waals surface area contributed by atoms with E-state index in [9.17, 15) is 22.8 Å². The second-order valence-electron chi connectivity index (χ2n) is 8.84. The van der Waals surface area contributed by atoms with Gasteiger partial charge in [-0.3, -0.25) is 14.4 Å². The van der Waals surface area contributed by atoms with Gasteiger partial charge in [-0.05, 0) is 37.1 Å². The maximum atomic E-state index is 13.4. The van der Waals surface area contributed by atoms with Gasteiger partial charge in [0.1, 0.15) is 11.6 Å². The summed E-state index contributed by atoms with van der Waals surface area (Å²) in [7, 11) is -2.35. The molecule has 1 fully saturated rings. The molecule has 37 heavy (non-hydrogen) atoms. The van der Waals surface area contributed by atoms with Gasteiger partial charge in [0.05, 0.1) is 29.2 Å². The van der Waals surface area contributed by atoms with Gasteiger partial charge in [0.25, 0.3) is 5.89 Å². The van der Waals surface area contributed by atoms with Gasteiger partial charge in [-0.25, -0.2) is 13.4 Å². The third-order valence-electron chi connectivity index (χ3n) is 6.46. The Bertz CT molecular complexity index is 1350. The number of carbonyl (C=O) groups is 3. The van der Waals surface area contributed by atoms with Gasteiger partial charge in [0.2, 0.25) is 17.6 Å². The number of nitrogens with one attached hydrogen (secondary N) is 1. The minimum absolute atomic E-state index is 0.00255. The number of ether oxygens (including phenoxy) is 1. The van der Waals surface area contributed by atoms with Crippen LogP contribution in [0.4, 0.5) is 0 Å². The van der Waals surface area contributed by atoms with Crippen LogP contribution in [0.25, 0.3) is 11.1 Å². The first kappa shape index (κ1) is 26.5. The maximum absolute atomic E-state index is 13.4. The predicted molar refractivity (Wildman–Crippen MR) is 135 cm³/mol. The van der Waals surface area contributed by atoms with Crippen molar-refractivity contribution >= 4 is 38.5 Å². The number of hydrogen-bond acceptors (Lipinski definition) is 8. The van der Waals surface area contributed by atoms with Crippen LogP contribution in [0.5, 0.6) is 0 Å². The average molecular weight is 528 g/mol. The number of para-hydroxylation sites is 2. The Hall–Kier alpha value is -3.57. The summed E-state index contributed by atoms with van der Waals surface area (Å²) in [5.74, 6) is -1.63. The molecule has 2 heterocycles. The van der Waals surface area contributed by atoms with E-state index < -0.39 is 44.8 Å². The molecule has 0 saturated carbocycles. The number of aromatic nitrogens is 1. The Morgan fingerprint density at radius 3 is 2.51 bits per heavy atom. The Labute approximate surface area is 214 Å². The van der Waals surface area contributed by atoms with Crippen molar-refractivity contribution in [2.75, 3.05) is 20.3 Å². The van der Waals surface area contributed by atoms with E-state index >= 15 is 0 Å². The smallest absolute Gasteiger partial charge is 0.266 e. The first-order valence-electron chi connectivity index (χ1n) is 12.0. The van der Waals surface area contributed by atoms with Crippen LogP contribution < -0.4 is 5.32 Å². The molecule has 1 aliphatic rings. The maximum Gasteiger partial charge on any atom is 0.266 e. The summed E-state index contributed by atoms with van der Waals surface area (Å²) in [6.07, 6.45) is 0.159. The van der Waals surface area contributed by atoms with Gasteiger partial charge in [-0.2, -0.15) is 0 Å². The molecule has 1 aliphatic heterocycles. The van der Waals surface area contributed by atoms with Gasteiger partial charge in [-0.15, -0.1) is 0 Å². The number of sulfone groups is 1. The molecular weight excluding hydrogens is 498 g/mol.